The van der Waals surface area contributed by atoms with Gasteiger partial charge in [-0.1, -0.05) is 42.3 Å². The van der Waals surface area contributed by atoms with Crippen LogP contribution in [-0.2, 0) is 13.9 Å². The van der Waals surface area contributed by atoms with Crippen molar-refractivity contribution in [3.05, 3.63) is 57.6 Å². The van der Waals surface area contributed by atoms with Gasteiger partial charge in [-0.05, 0) is 88.0 Å². The minimum Gasteiger partial charge on any atom is -0.407 e. The summed E-state index contributed by atoms with van der Waals surface area (Å²) >= 11 is 0. The summed E-state index contributed by atoms with van der Waals surface area (Å²) < 4.78 is 20.1. The van der Waals surface area contributed by atoms with Gasteiger partial charge in [0.1, 0.15) is 0 Å². The Bertz CT molecular complexity index is 906. The average Bonchev–Trinajstić information content (AvgIpc) is 2.85. The summed E-state index contributed by atoms with van der Waals surface area (Å²) in [7, 11) is -2.60. The van der Waals surface area contributed by atoms with Crippen LogP contribution in [0.15, 0.2) is 24.3 Å². The normalized spacial score (nSPS) is 27.1. The highest BCUT2D eigenvalue weighted by atomic mass is 28.4. The number of hydrogen-bond donors (Lipinski definition) is 0. The second kappa shape index (κ2) is 7.84. The summed E-state index contributed by atoms with van der Waals surface area (Å²) in [5.41, 5.74) is 7.98. The third-order valence-electron chi connectivity index (χ3n) is 7.03. The molecule has 2 saturated heterocycles. The Hall–Kier alpha value is -1.46. The molecule has 2 heterocycles. The lowest BCUT2D eigenvalue weighted by molar-refractivity contribution is -0.150. The summed E-state index contributed by atoms with van der Waals surface area (Å²) in [5.74, 6) is -0.256. The van der Waals surface area contributed by atoms with Gasteiger partial charge in [0.05, 0.1) is 12.2 Å². The molecule has 0 aromatic heterocycles. The Morgan fingerprint density at radius 3 is 1.68 bits per heavy atom. The monoisotopic (exact) mass is 438 g/mol. The number of fused-ring (bicyclic) bond motifs is 1. The smallest absolute Gasteiger partial charge is 0.259 e. The molecule has 0 aliphatic carbocycles. The first kappa shape index (κ1) is 22.7. The molecule has 2 aliphatic heterocycles. The first-order valence-electron chi connectivity index (χ1n) is 11.6. The fourth-order valence-electron chi connectivity index (χ4n) is 6.32. The first-order valence-corrected chi connectivity index (χ1v) is 13.7. The zero-order valence-electron chi connectivity index (χ0n) is 20.7. The predicted octanol–water partition coefficient (Wildman–Crippen LogP) is 4.78. The summed E-state index contributed by atoms with van der Waals surface area (Å²) in [4.78, 5) is 0. The Labute approximate surface area is 189 Å². The van der Waals surface area contributed by atoms with E-state index in [4.69, 9.17) is 13.9 Å². The van der Waals surface area contributed by atoms with Crippen LogP contribution < -0.4 is 10.4 Å². The molecule has 0 N–H and O–H groups in total. The van der Waals surface area contributed by atoms with Gasteiger partial charge in [0.25, 0.3) is 8.32 Å². The van der Waals surface area contributed by atoms with Gasteiger partial charge in [-0.2, -0.15) is 0 Å². The van der Waals surface area contributed by atoms with E-state index in [1.54, 1.807) is 0 Å². The van der Waals surface area contributed by atoms with Crippen molar-refractivity contribution >= 4 is 18.7 Å². The lowest BCUT2D eigenvalue weighted by atomic mass is 10.0. The Kier molecular flexibility index (Phi) is 5.75. The molecule has 0 saturated carbocycles. The van der Waals surface area contributed by atoms with Gasteiger partial charge in [0.2, 0.25) is 0 Å². The van der Waals surface area contributed by atoms with E-state index in [0.29, 0.717) is 12.5 Å². The predicted molar refractivity (Wildman–Crippen MR) is 130 cm³/mol. The lowest BCUT2D eigenvalue weighted by Gasteiger charge is -2.37. The van der Waals surface area contributed by atoms with E-state index in [9.17, 15) is 0 Å². The van der Waals surface area contributed by atoms with E-state index in [1.807, 2.05) is 13.8 Å². The number of rotatable bonds is 2. The molecule has 168 valence electrons. The first-order chi connectivity index (χ1) is 14.4. The molecule has 4 rings (SSSR count). The van der Waals surface area contributed by atoms with Crippen LogP contribution in [-0.4, -0.2) is 32.9 Å². The Morgan fingerprint density at radius 2 is 1.23 bits per heavy atom. The second-order valence-electron chi connectivity index (χ2n) is 10.5. The number of hydrogen-bond acceptors (Lipinski definition) is 3. The fourth-order valence-corrected chi connectivity index (χ4v) is 11.7. The van der Waals surface area contributed by atoms with Gasteiger partial charge >= 0.3 is 0 Å². The van der Waals surface area contributed by atoms with E-state index in [0.717, 1.165) is 6.04 Å². The molecule has 31 heavy (non-hydrogen) atoms. The molecular weight excluding hydrogens is 400 g/mol. The van der Waals surface area contributed by atoms with Crippen molar-refractivity contribution in [3.8, 4) is 0 Å². The molecule has 2 fully saturated rings. The fraction of sp³-hybridized carbons (Fsp3) is 0.556. The van der Waals surface area contributed by atoms with Crippen molar-refractivity contribution in [1.29, 1.82) is 0 Å². The van der Waals surface area contributed by atoms with Crippen molar-refractivity contribution in [2.45, 2.75) is 86.4 Å². The molecule has 0 unspecified atom stereocenters. The molecule has 0 radical (unpaired) electrons. The van der Waals surface area contributed by atoms with Crippen LogP contribution in [0.4, 0.5) is 0 Å². The van der Waals surface area contributed by atoms with Crippen LogP contribution in [0.2, 0.25) is 6.04 Å². The van der Waals surface area contributed by atoms with E-state index in [1.165, 1.54) is 43.8 Å². The standard InChI is InChI=1S/C27H38O3Si/c1-16-10-18(3)25(19(4)11-16)31(26-20(5)12-17(2)13-21(26)6)15-23-24(22(7)14-28-31)30-27(8,9)29-23/h10-13,22-24H,14-15H2,1-9H3/t22-,23+,24+/m1/s1. The highest BCUT2D eigenvalue weighted by Crippen LogP contribution is 2.40. The SMILES string of the molecule is Cc1cc(C)c([Si]2(c3c(C)cc(C)cc3C)C[C@@H]3OC(C)(C)O[C@H]3[C@H](C)CO2)c(C)c1. The highest BCUT2D eigenvalue weighted by Gasteiger charge is 2.55. The quantitative estimate of drug-likeness (QED) is 0.632. The van der Waals surface area contributed by atoms with Gasteiger partial charge < -0.3 is 13.9 Å². The molecular formula is C27H38O3Si. The number of ether oxygens (including phenoxy) is 2. The zero-order valence-corrected chi connectivity index (χ0v) is 21.7. The Balaban J connectivity index is 2.00. The summed E-state index contributed by atoms with van der Waals surface area (Å²) in [6.45, 7) is 20.4. The van der Waals surface area contributed by atoms with Gasteiger partial charge in [-0.25, -0.2) is 0 Å². The third-order valence-corrected chi connectivity index (χ3v) is 11.9. The Morgan fingerprint density at radius 1 is 0.774 bits per heavy atom. The van der Waals surface area contributed by atoms with Gasteiger partial charge in [0.15, 0.2) is 5.79 Å². The van der Waals surface area contributed by atoms with Crippen LogP contribution >= 0.6 is 0 Å². The van der Waals surface area contributed by atoms with Crippen LogP contribution in [0.25, 0.3) is 0 Å². The van der Waals surface area contributed by atoms with E-state index in [-0.39, 0.29) is 12.2 Å². The van der Waals surface area contributed by atoms with Crippen molar-refractivity contribution in [2.24, 2.45) is 5.92 Å². The van der Waals surface area contributed by atoms with Crippen molar-refractivity contribution in [1.82, 2.24) is 0 Å². The van der Waals surface area contributed by atoms with Crippen LogP contribution in [0.3, 0.4) is 0 Å². The van der Waals surface area contributed by atoms with Crippen molar-refractivity contribution in [3.63, 3.8) is 0 Å². The lowest BCUT2D eigenvalue weighted by Crippen LogP contribution is -2.65. The zero-order chi connectivity index (χ0) is 22.7. The summed E-state index contributed by atoms with van der Waals surface area (Å²) in [6, 6.07) is 10.2. The molecule has 3 atom stereocenters. The molecule has 2 aromatic carbocycles. The van der Waals surface area contributed by atoms with Crippen molar-refractivity contribution < 1.29 is 13.9 Å². The minimum atomic E-state index is -2.60. The molecule has 4 heteroatoms. The van der Waals surface area contributed by atoms with Crippen LogP contribution in [0, 0.1) is 47.5 Å². The molecule has 0 amide bonds. The third kappa shape index (κ3) is 3.93. The van der Waals surface area contributed by atoms with Crippen LogP contribution in [0.1, 0.15) is 54.2 Å². The van der Waals surface area contributed by atoms with E-state index in [2.05, 4.69) is 72.7 Å². The molecule has 0 bridgehead atoms. The number of aryl methyl sites for hydroxylation is 6. The maximum atomic E-state index is 7.16. The minimum absolute atomic E-state index is 0.0411. The van der Waals surface area contributed by atoms with Crippen LogP contribution in [0.5, 0.6) is 0 Å². The largest absolute Gasteiger partial charge is 0.407 e. The summed E-state index contributed by atoms with van der Waals surface area (Å²) in [5, 5.41) is 2.85. The van der Waals surface area contributed by atoms with Gasteiger partial charge in [-0.15, -0.1) is 0 Å². The van der Waals surface area contributed by atoms with Crippen molar-refractivity contribution in [2.75, 3.05) is 6.61 Å². The average molecular weight is 439 g/mol. The molecule has 0 spiro atoms. The maximum absolute atomic E-state index is 7.16. The van der Waals surface area contributed by atoms with Gasteiger partial charge in [-0.3, -0.25) is 0 Å². The molecule has 2 aliphatic rings. The van der Waals surface area contributed by atoms with E-state index >= 15 is 0 Å². The van der Waals surface area contributed by atoms with Gasteiger partial charge in [0, 0.05) is 18.6 Å². The summed E-state index contributed by atoms with van der Waals surface area (Å²) in [6.07, 6.45) is 0.112. The number of benzene rings is 2. The second-order valence-corrected chi connectivity index (χ2v) is 13.9. The topological polar surface area (TPSA) is 27.7 Å². The molecule has 2 aromatic rings. The van der Waals surface area contributed by atoms with E-state index < -0.39 is 14.1 Å². The highest BCUT2D eigenvalue weighted by molar-refractivity contribution is 6.98. The molecule has 3 nitrogen and oxygen atoms in total. The maximum Gasteiger partial charge on any atom is 0.259 e.